The fourth-order valence-electron chi connectivity index (χ4n) is 2.16. The lowest BCUT2D eigenvalue weighted by molar-refractivity contribution is -0.272. The van der Waals surface area contributed by atoms with E-state index in [-0.39, 0.29) is 6.04 Å². The lowest BCUT2D eigenvalue weighted by atomic mass is 9.98. The Morgan fingerprint density at radius 3 is 2.47 bits per heavy atom. The van der Waals surface area contributed by atoms with Crippen LogP contribution in [0.3, 0.4) is 0 Å². The zero-order valence-corrected chi connectivity index (χ0v) is 11.0. The second-order valence-corrected chi connectivity index (χ2v) is 4.87. The summed E-state index contributed by atoms with van der Waals surface area (Å²) in [7, 11) is 1.93. The Morgan fingerprint density at radius 1 is 1.24 bits per heavy atom. The van der Waals surface area contributed by atoms with Gasteiger partial charge in [-0.05, 0) is 33.4 Å². The lowest BCUT2D eigenvalue weighted by Crippen LogP contribution is -2.47. The summed E-state index contributed by atoms with van der Waals surface area (Å²) in [6.07, 6.45) is 0. The van der Waals surface area contributed by atoms with Gasteiger partial charge in [-0.15, -0.1) is 0 Å². The predicted molar refractivity (Wildman–Crippen MR) is 68.0 cm³/mol. The topological polar surface area (TPSA) is 30.5 Å². The van der Waals surface area contributed by atoms with Gasteiger partial charge in [-0.1, -0.05) is 23.8 Å². The second kappa shape index (κ2) is 4.77. The van der Waals surface area contributed by atoms with Crippen molar-refractivity contribution >= 4 is 0 Å². The van der Waals surface area contributed by atoms with Crippen molar-refractivity contribution in [2.24, 2.45) is 0 Å². The smallest absolute Gasteiger partial charge is 0.192 e. The van der Waals surface area contributed by atoms with Gasteiger partial charge in [0.15, 0.2) is 5.79 Å². The van der Waals surface area contributed by atoms with Crippen LogP contribution < -0.4 is 5.32 Å². The molecule has 3 heteroatoms. The van der Waals surface area contributed by atoms with Crippen molar-refractivity contribution in [3.05, 3.63) is 34.9 Å². The molecule has 0 saturated carbocycles. The molecule has 0 amide bonds. The van der Waals surface area contributed by atoms with Crippen LogP contribution in [0, 0.1) is 13.8 Å². The molecule has 0 bridgehead atoms. The maximum absolute atomic E-state index is 5.91. The summed E-state index contributed by atoms with van der Waals surface area (Å²) >= 11 is 0. The predicted octanol–water partition coefficient (Wildman–Crippen LogP) is 2.11. The maximum atomic E-state index is 5.91. The van der Waals surface area contributed by atoms with Gasteiger partial charge in [-0.2, -0.15) is 0 Å². The van der Waals surface area contributed by atoms with E-state index in [4.69, 9.17) is 9.47 Å². The number of benzene rings is 1. The van der Waals surface area contributed by atoms with Crippen molar-refractivity contribution in [2.75, 3.05) is 20.3 Å². The second-order valence-electron chi connectivity index (χ2n) is 4.87. The molecule has 3 nitrogen and oxygen atoms in total. The van der Waals surface area contributed by atoms with E-state index < -0.39 is 5.79 Å². The van der Waals surface area contributed by atoms with Crippen molar-refractivity contribution in [1.29, 1.82) is 0 Å². The lowest BCUT2D eigenvalue weighted by Gasteiger charge is -2.38. The number of nitrogens with one attached hydrogen (secondary N) is 1. The van der Waals surface area contributed by atoms with E-state index in [1.807, 2.05) is 14.0 Å². The first-order valence-corrected chi connectivity index (χ1v) is 6.08. The van der Waals surface area contributed by atoms with Gasteiger partial charge in [0.05, 0.1) is 19.3 Å². The Hall–Kier alpha value is -0.900. The van der Waals surface area contributed by atoms with Gasteiger partial charge >= 0.3 is 0 Å². The standard InChI is InChI=1S/C14H21NO2/c1-10-5-6-11(2)13(7-10)14(3)16-8-12(15-4)9-17-14/h5-7,12,15H,8-9H2,1-4H3. The normalized spacial score (nSPS) is 29.3. The maximum Gasteiger partial charge on any atom is 0.192 e. The van der Waals surface area contributed by atoms with Crippen LogP contribution in [0.1, 0.15) is 23.6 Å². The van der Waals surface area contributed by atoms with E-state index in [0.29, 0.717) is 13.2 Å². The zero-order chi connectivity index (χ0) is 12.5. The van der Waals surface area contributed by atoms with E-state index in [1.165, 1.54) is 11.1 Å². The summed E-state index contributed by atoms with van der Waals surface area (Å²) < 4.78 is 11.8. The van der Waals surface area contributed by atoms with Crippen LogP contribution in [-0.2, 0) is 15.3 Å². The molecule has 1 saturated heterocycles. The van der Waals surface area contributed by atoms with Gasteiger partial charge < -0.3 is 14.8 Å². The summed E-state index contributed by atoms with van der Waals surface area (Å²) in [4.78, 5) is 0. The molecule has 1 aliphatic heterocycles. The van der Waals surface area contributed by atoms with Crippen molar-refractivity contribution in [3.8, 4) is 0 Å². The van der Waals surface area contributed by atoms with Gasteiger partial charge in [0.25, 0.3) is 0 Å². The molecule has 1 fully saturated rings. The Kier molecular flexibility index (Phi) is 3.52. The van der Waals surface area contributed by atoms with E-state index in [0.717, 1.165) is 5.56 Å². The average molecular weight is 235 g/mol. The first kappa shape index (κ1) is 12.6. The highest BCUT2D eigenvalue weighted by Gasteiger charge is 2.35. The van der Waals surface area contributed by atoms with Crippen molar-refractivity contribution in [1.82, 2.24) is 5.32 Å². The minimum atomic E-state index is -0.608. The Labute approximate surface area is 103 Å². The summed E-state index contributed by atoms with van der Waals surface area (Å²) in [6, 6.07) is 6.66. The molecule has 1 aromatic rings. The van der Waals surface area contributed by atoms with Crippen LogP contribution in [0.5, 0.6) is 0 Å². The fraction of sp³-hybridized carbons (Fsp3) is 0.571. The van der Waals surface area contributed by atoms with Gasteiger partial charge in [-0.3, -0.25) is 0 Å². The van der Waals surface area contributed by atoms with Gasteiger partial charge in [-0.25, -0.2) is 0 Å². The third-order valence-corrected chi connectivity index (χ3v) is 3.41. The van der Waals surface area contributed by atoms with Gasteiger partial charge in [0, 0.05) is 5.56 Å². The van der Waals surface area contributed by atoms with Crippen LogP contribution >= 0.6 is 0 Å². The van der Waals surface area contributed by atoms with Crippen molar-refractivity contribution in [2.45, 2.75) is 32.6 Å². The summed E-state index contributed by atoms with van der Waals surface area (Å²) in [5.41, 5.74) is 3.57. The molecule has 17 heavy (non-hydrogen) atoms. The first-order chi connectivity index (χ1) is 8.05. The van der Waals surface area contributed by atoms with Crippen LogP contribution in [0.25, 0.3) is 0 Å². The molecule has 2 rings (SSSR count). The van der Waals surface area contributed by atoms with Crippen LogP contribution in [0.2, 0.25) is 0 Å². The molecule has 0 atom stereocenters. The number of ether oxygens (including phenoxy) is 2. The minimum absolute atomic E-state index is 0.285. The van der Waals surface area contributed by atoms with Crippen LogP contribution in [-0.4, -0.2) is 26.3 Å². The molecular formula is C14H21NO2. The highest BCUT2D eigenvalue weighted by atomic mass is 16.7. The molecule has 0 aliphatic carbocycles. The molecule has 0 spiro atoms. The van der Waals surface area contributed by atoms with Gasteiger partial charge in [0.2, 0.25) is 0 Å². The molecule has 1 heterocycles. The first-order valence-electron chi connectivity index (χ1n) is 6.08. The quantitative estimate of drug-likeness (QED) is 0.851. The summed E-state index contributed by atoms with van der Waals surface area (Å²) in [5.74, 6) is -0.608. The SMILES string of the molecule is CNC1COC(C)(c2cc(C)ccc2C)OC1. The van der Waals surface area contributed by atoms with Crippen LogP contribution in [0.4, 0.5) is 0 Å². The molecule has 0 radical (unpaired) electrons. The van der Waals surface area contributed by atoms with Gasteiger partial charge in [0.1, 0.15) is 0 Å². The molecule has 94 valence electrons. The number of likely N-dealkylation sites (N-methyl/N-ethyl adjacent to an activating group) is 1. The monoisotopic (exact) mass is 235 g/mol. The van der Waals surface area contributed by atoms with Crippen LogP contribution in [0.15, 0.2) is 18.2 Å². The Bertz CT molecular complexity index is 395. The molecule has 1 N–H and O–H groups in total. The minimum Gasteiger partial charge on any atom is -0.344 e. The number of aryl methyl sites for hydroxylation is 2. The number of hydrogen-bond donors (Lipinski definition) is 1. The summed E-state index contributed by atoms with van der Waals surface area (Å²) in [6.45, 7) is 7.55. The average Bonchev–Trinajstić information content (AvgIpc) is 2.33. The van der Waals surface area contributed by atoms with E-state index >= 15 is 0 Å². The molecular weight excluding hydrogens is 214 g/mol. The highest BCUT2D eigenvalue weighted by Crippen LogP contribution is 2.32. The van der Waals surface area contributed by atoms with E-state index in [2.05, 4.69) is 37.4 Å². The Balaban J connectivity index is 2.24. The molecule has 1 aromatic carbocycles. The number of hydrogen-bond acceptors (Lipinski definition) is 3. The molecule has 0 aromatic heterocycles. The highest BCUT2D eigenvalue weighted by molar-refractivity contribution is 5.33. The molecule has 0 unspecified atom stereocenters. The largest absolute Gasteiger partial charge is 0.344 e. The van der Waals surface area contributed by atoms with Crippen molar-refractivity contribution < 1.29 is 9.47 Å². The van der Waals surface area contributed by atoms with E-state index in [9.17, 15) is 0 Å². The fourth-order valence-corrected chi connectivity index (χ4v) is 2.16. The van der Waals surface area contributed by atoms with E-state index in [1.54, 1.807) is 0 Å². The third kappa shape index (κ3) is 2.51. The summed E-state index contributed by atoms with van der Waals surface area (Å²) in [5, 5.41) is 3.17. The zero-order valence-electron chi connectivity index (χ0n) is 11.0. The third-order valence-electron chi connectivity index (χ3n) is 3.41. The van der Waals surface area contributed by atoms with Crippen molar-refractivity contribution in [3.63, 3.8) is 0 Å². The molecule has 1 aliphatic rings. The Morgan fingerprint density at radius 2 is 1.88 bits per heavy atom. The number of rotatable bonds is 2.